The Morgan fingerprint density at radius 2 is 1.86 bits per heavy atom. The van der Waals surface area contributed by atoms with Crippen LogP contribution in [0.1, 0.15) is 48.3 Å². The molecule has 2 aromatic rings. The molecule has 1 amide bonds. The van der Waals surface area contributed by atoms with E-state index in [1.807, 2.05) is 25.1 Å². The number of carbonyl (C=O) groups excluding carboxylic acids is 1. The van der Waals surface area contributed by atoms with E-state index in [2.05, 4.69) is 19.2 Å². The Morgan fingerprint density at radius 1 is 1.14 bits per heavy atom. The van der Waals surface area contributed by atoms with Crippen molar-refractivity contribution in [2.75, 3.05) is 13.7 Å². The highest BCUT2D eigenvalue weighted by Crippen LogP contribution is 2.31. The Bertz CT molecular complexity index is 864. The lowest BCUT2D eigenvalue weighted by Gasteiger charge is -2.18. The van der Waals surface area contributed by atoms with Crippen molar-refractivity contribution in [2.24, 2.45) is 5.92 Å². The Kier molecular flexibility index (Phi) is 6.98. The van der Waals surface area contributed by atoms with Crippen LogP contribution in [0.5, 0.6) is 11.5 Å². The summed E-state index contributed by atoms with van der Waals surface area (Å²) in [5.74, 6) is 1.24. The largest absolute Gasteiger partial charge is 0.493 e. The fourth-order valence-electron chi connectivity index (χ4n) is 2.64. The van der Waals surface area contributed by atoms with Crippen LogP contribution in [-0.4, -0.2) is 24.5 Å². The van der Waals surface area contributed by atoms with Crippen molar-refractivity contribution < 1.29 is 19.2 Å². The molecule has 0 heterocycles. The Balaban J connectivity index is 2.15. The molecule has 0 aliphatic heterocycles. The molecule has 2 aromatic carbocycles. The van der Waals surface area contributed by atoms with Crippen LogP contribution in [0.15, 0.2) is 36.4 Å². The molecule has 1 unspecified atom stereocenters. The van der Waals surface area contributed by atoms with Gasteiger partial charge in [-0.1, -0.05) is 26.0 Å². The fourth-order valence-corrected chi connectivity index (χ4v) is 2.64. The minimum Gasteiger partial charge on any atom is -0.493 e. The van der Waals surface area contributed by atoms with Gasteiger partial charge in [0.2, 0.25) is 0 Å². The van der Waals surface area contributed by atoms with E-state index in [9.17, 15) is 14.9 Å². The number of amides is 1. The van der Waals surface area contributed by atoms with Crippen molar-refractivity contribution >= 4 is 11.6 Å². The summed E-state index contributed by atoms with van der Waals surface area (Å²) in [5.41, 5.74) is 1.52. The molecule has 0 saturated carbocycles. The van der Waals surface area contributed by atoms with Crippen LogP contribution in [0.4, 0.5) is 5.69 Å². The third-order valence-electron chi connectivity index (χ3n) is 4.28. The minimum atomic E-state index is -0.490. The first-order chi connectivity index (χ1) is 13.2. The molecule has 150 valence electrons. The number of ether oxygens (including phenoxy) is 2. The monoisotopic (exact) mass is 386 g/mol. The number of methoxy groups -OCH3 is 1. The first kappa shape index (κ1) is 21.2. The normalized spacial score (nSPS) is 11.8. The lowest BCUT2D eigenvalue weighted by molar-refractivity contribution is -0.385. The molecular formula is C21H26N2O5. The maximum atomic E-state index is 12.5. The number of benzene rings is 2. The zero-order valence-electron chi connectivity index (χ0n) is 16.8. The first-order valence-electron chi connectivity index (χ1n) is 9.09. The standard InChI is InChI=1S/C21H26N2O5/c1-13(2)12-28-19-9-8-16(11-20(19)27-5)15(4)22-21(24)17-7-6-14(3)18(10-17)23(25)26/h6-11,13,15H,12H2,1-5H3,(H,22,24). The van der Waals surface area contributed by atoms with E-state index in [0.717, 1.165) is 5.56 Å². The lowest BCUT2D eigenvalue weighted by Crippen LogP contribution is -2.26. The van der Waals surface area contributed by atoms with Crippen molar-refractivity contribution in [1.29, 1.82) is 0 Å². The third kappa shape index (κ3) is 5.22. The molecule has 0 radical (unpaired) electrons. The van der Waals surface area contributed by atoms with Gasteiger partial charge in [-0.3, -0.25) is 14.9 Å². The highest BCUT2D eigenvalue weighted by atomic mass is 16.6. The molecule has 28 heavy (non-hydrogen) atoms. The van der Waals surface area contributed by atoms with Crippen molar-refractivity contribution in [2.45, 2.75) is 33.7 Å². The predicted molar refractivity (Wildman–Crippen MR) is 107 cm³/mol. The van der Waals surface area contributed by atoms with Crippen molar-refractivity contribution in [3.05, 3.63) is 63.2 Å². The van der Waals surface area contributed by atoms with Crippen LogP contribution in [0.3, 0.4) is 0 Å². The molecule has 0 saturated heterocycles. The van der Waals surface area contributed by atoms with Gasteiger partial charge in [0.05, 0.1) is 24.7 Å². The van der Waals surface area contributed by atoms with Crippen LogP contribution in [0.2, 0.25) is 0 Å². The van der Waals surface area contributed by atoms with Crippen LogP contribution in [0, 0.1) is 23.0 Å². The van der Waals surface area contributed by atoms with Gasteiger partial charge >= 0.3 is 0 Å². The topological polar surface area (TPSA) is 90.7 Å². The number of aryl methyl sites for hydroxylation is 1. The molecule has 0 aliphatic rings. The Hall–Kier alpha value is -3.09. The third-order valence-corrected chi connectivity index (χ3v) is 4.28. The molecule has 0 aliphatic carbocycles. The van der Waals surface area contributed by atoms with Gasteiger partial charge in [0.25, 0.3) is 11.6 Å². The van der Waals surface area contributed by atoms with Gasteiger partial charge in [0, 0.05) is 17.2 Å². The first-order valence-corrected chi connectivity index (χ1v) is 9.09. The molecule has 0 bridgehead atoms. The maximum absolute atomic E-state index is 12.5. The van der Waals surface area contributed by atoms with E-state index >= 15 is 0 Å². The quantitative estimate of drug-likeness (QED) is 0.535. The number of carbonyl (C=O) groups is 1. The number of hydrogen-bond donors (Lipinski definition) is 1. The van der Waals surface area contributed by atoms with Crippen LogP contribution in [-0.2, 0) is 0 Å². The molecule has 1 N–H and O–H groups in total. The van der Waals surface area contributed by atoms with Gasteiger partial charge < -0.3 is 14.8 Å². The van der Waals surface area contributed by atoms with Gasteiger partial charge in [-0.05, 0) is 43.5 Å². The second-order valence-electron chi connectivity index (χ2n) is 7.07. The summed E-state index contributed by atoms with van der Waals surface area (Å²) in [5, 5.41) is 13.9. The van der Waals surface area contributed by atoms with E-state index in [1.54, 1.807) is 26.2 Å². The summed E-state index contributed by atoms with van der Waals surface area (Å²) in [4.78, 5) is 23.1. The van der Waals surface area contributed by atoms with Gasteiger partial charge in [0.1, 0.15) is 0 Å². The van der Waals surface area contributed by atoms with Crippen LogP contribution < -0.4 is 14.8 Å². The zero-order chi connectivity index (χ0) is 20.8. The molecule has 0 aromatic heterocycles. The fraction of sp³-hybridized carbons (Fsp3) is 0.381. The predicted octanol–water partition coefficient (Wildman–Crippen LogP) is 4.44. The van der Waals surface area contributed by atoms with Crippen molar-refractivity contribution in [1.82, 2.24) is 5.32 Å². The zero-order valence-corrected chi connectivity index (χ0v) is 16.8. The van der Waals surface area contributed by atoms with Crippen LogP contribution >= 0.6 is 0 Å². The van der Waals surface area contributed by atoms with Crippen molar-refractivity contribution in [3.63, 3.8) is 0 Å². The summed E-state index contributed by atoms with van der Waals surface area (Å²) in [7, 11) is 1.57. The van der Waals surface area contributed by atoms with E-state index in [1.165, 1.54) is 6.07 Å². The van der Waals surface area contributed by atoms with E-state index in [0.29, 0.717) is 29.6 Å². The molecule has 1 atom stereocenters. The summed E-state index contributed by atoms with van der Waals surface area (Å²) < 4.78 is 11.1. The minimum absolute atomic E-state index is 0.0753. The molecule has 2 rings (SSSR count). The summed E-state index contributed by atoms with van der Waals surface area (Å²) in [6.07, 6.45) is 0. The number of nitro groups is 1. The highest BCUT2D eigenvalue weighted by Gasteiger charge is 2.18. The number of rotatable bonds is 8. The number of nitro benzene ring substituents is 1. The Labute approximate surface area is 164 Å². The molecular weight excluding hydrogens is 360 g/mol. The highest BCUT2D eigenvalue weighted by molar-refractivity contribution is 5.95. The average molecular weight is 386 g/mol. The lowest BCUT2D eigenvalue weighted by atomic mass is 10.1. The van der Waals surface area contributed by atoms with Gasteiger partial charge in [-0.25, -0.2) is 0 Å². The van der Waals surface area contributed by atoms with Gasteiger partial charge in [-0.2, -0.15) is 0 Å². The van der Waals surface area contributed by atoms with Crippen LogP contribution in [0.25, 0.3) is 0 Å². The molecule has 7 heteroatoms. The van der Waals surface area contributed by atoms with Gasteiger partial charge in [0.15, 0.2) is 11.5 Å². The van der Waals surface area contributed by atoms with Crippen molar-refractivity contribution in [3.8, 4) is 11.5 Å². The summed E-state index contributed by atoms with van der Waals surface area (Å²) >= 11 is 0. The maximum Gasteiger partial charge on any atom is 0.273 e. The summed E-state index contributed by atoms with van der Waals surface area (Å²) in [6.45, 7) is 8.18. The average Bonchev–Trinajstić information content (AvgIpc) is 2.66. The van der Waals surface area contributed by atoms with Gasteiger partial charge in [-0.15, -0.1) is 0 Å². The van der Waals surface area contributed by atoms with E-state index in [-0.39, 0.29) is 23.2 Å². The van der Waals surface area contributed by atoms with E-state index in [4.69, 9.17) is 9.47 Å². The second kappa shape index (κ2) is 9.21. The second-order valence-corrected chi connectivity index (χ2v) is 7.07. The molecule has 7 nitrogen and oxygen atoms in total. The summed E-state index contributed by atoms with van der Waals surface area (Å²) in [6, 6.07) is 9.62. The SMILES string of the molecule is COc1cc(C(C)NC(=O)c2ccc(C)c([N+](=O)[O-])c2)ccc1OCC(C)C. The number of hydrogen-bond acceptors (Lipinski definition) is 5. The molecule has 0 spiro atoms. The van der Waals surface area contributed by atoms with E-state index < -0.39 is 4.92 Å². The number of nitrogens with one attached hydrogen (secondary N) is 1. The molecule has 0 fully saturated rings. The Morgan fingerprint density at radius 3 is 2.46 bits per heavy atom. The number of nitrogens with zero attached hydrogens (tertiary/aromatic N) is 1. The smallest absolute Gasteiger partial charge is 0.273 e.